The first-order valence-electron chi connectivity index (χ1n) is 10.4. The van der Waals surface area contributed by atoms with Crippen LogP contribution in [0.25, 0.3) is 6.08 Å². The topological polar surface area (TPSA) is 88.4 Å². The fraction of sp³-hybridized carbons (Fsp3) is 0.115. The molecule has 0 bridgehead atoms. The SMILES string of the molecule is CCOC(=O)c1ccc(NC(=O)/C(C#N)=C/c2cc(Br)c(OCc3ccc(Cl)cc3)c(Br)c2)cc1. The first-order chi connectivity index (χ1) is 16.8. The van der Waals surface area contributed by atoms with Crippen molar-refractivity contribution in [2.75, 3.05) is 11.9 Å². The number of nitrogens with one attached hydrogen (secondary N) is 1. The van der Waals surface area contributed by atoms with Gasteiger partial charge in [0.1, 0.15) is 24.0 Å². The van der Waals surface area contributed by atoms with E-state index in [-0.39, 0.29) is 12.2 Å². The van der Waals surface area contributed by atoms with E-state index in [4.69, 9.17) is 21.1 Å². The van der Waals surface area contributed by atoms with Gasteiger partial charge < -0.3 is 14.8 Å². The zero-order valence-corrected chi connectivity index (χ0v) is 22.4. The molecule has 3 aromatic rings. The number of hydrogen-bond donors (Lipinski definition) is 1. The number of amides is 1. The maximum Gasteiger partial charge on any atom is 0.338 e. The highest BCUT2D eigenvalue weighted by atomic mass is 79.9. The normalized spacial score (nSPS) is 10.9. The minimum Gasteiger partial charge on any atom is -0.487 e. The second kappa shape index (κ2) is 12.5. The lowest BCUT2D eigenvalue weighted by Crippen LogP contribution is -2.13. The second-order valence-corrected chi connectivity index (χ2v) is 9.30. The molecule has 35 heavy (non-hydrogen) atoms. The molecular formula is C26H19Br2ClN2O4. The van der Waals surface area contributed by atoms with E-state index in [1.807, 2.05) is 18.2 Å². The van der Waals surface area contributed by atoms with Crippen LogP contribution in [-0.2, 0) is 16.1 Å². The highest BCUT2D eigenvalue weighted by molar-refractivity contribution is 9.11. The molecular weight excluding hydrogens is 600 g/mol. The number of benzene rings is 3. The number of nitrogens with zero attached hydrogens (tertiary/aromatic N) is 1. The third-order valence-corrected chi connectivity index (χ3v) is 6.08. The molecule has 9 heteroatoms. The van der Waals surface area contributed by atoms with Gasteiger partial charge in [0, 0.05) is 10.7 Å². The zero-order chi connectivity index (χ0) is 25.4. The number of rotatable bonds is 8. The highest BCUT2D eigenvalue weighted by Gasteiger charge is 2.14. The fourth-order valence-corrected chi connectivity index (χ4v) is 4.53. The first kappa shape index (κ1) is 26.5. The summed E-state index contributed by atoms with van der Waals surface area (Å²) >= 11 is 12.9. The Morgan fingerprint density at radius 3 is 2.26 bits per heavy atom. The van der Waals surface area contributed by atoms with Crippen LogP contribution in [0.1, 0.15) is 28.4 Å². The number of carbonyl (C=O) groups excluding carboxylic acids is 2. The average molecular weight is 619 g/mol. The number of hydrogen-bond acceptors (Lipinski definition) is 5. The first-order valence-corrected chi connectivity index (χ1v) is 12.3. The van der Waals surface area contributed by atoms with Crippen LogP contribution >= 0.6 is 43.5 Å². The number of ether oxygens (including phenoxy) is 2. The molecule has 0 aliphatic heterocycles. The van der Waals surface area contributed by atoms with Crippen LogP contribution in [0, 0.1) is 11.3 Å². The number of esters is 1. The molecule has 0 saturated heterocycles. The Bertz CT molecular complexity index is 1280. The summed E-state index contributed by atoms with van der Waals surface area (Å²) in [4.78, 5) is 24.4. The second-order valence-electron chi connectivity index (χ2n) is 7.15. The quantitative estimate of drug-likeness (QED) is 0.164. The van der Waals surface area contributed by atoms with Crippen LogP contribution in [0.5, 0.6) is 5.75 Å². The van der Waals surface area contributed by atoms with Gasteiger partial charge in [-0.1, -0.05) is 23.7 Å². The van der Waals surface area contributed by atoms with E-state index < -0.39 is 11.9 Å². The summed E-state index contributed by atoms with van der Waals surface area (Å²) in [5.41, 5.74) is 2.29. The van der Waals surface area contributed by atoms with Gasteiger partial charge in [0.15, 0.2) is 0 Å². The molecule has 0 fully saturated rings. The molecule has 0 aliphatic carbocycles. The lowest BCUT2D eigenvalue weighted by Gasteiger charge is -2.12. The van der Waals surface area contributed by atoms with Crippen LogP contribution in [-0.4, -0.2) is 18.5 Å². The van der Waals surface area contributed by atoms with Gasteiger partial charge in [-0.3, -0.25) is 4.79 Å². The summed E-state index contributed by atoms with van der Waals surface area (Å²) < 4.78 is 12.2. The molecule has 6 nitrogen and oxygen atoms in total. The van der Waals surface area contributed by atoms with Gasteiger partial charge in [-0.2, -0.15) is 5.26 Å². The molecule has 1 amide bonds. The number of anilines is 1. The van der Waals surface area contributed by atoms with Crippen molar-refractivity contribution in [1.29, 1.82) is 5.26 Å². The Morgan fingerprint density at radius 2 is 1.69 bits per heavy atom. The Balaban J connectivity index is 1.71. The van der Waals surface area contributed by atoms with Crippen LogP contribution in [0.15, 0.2) is 75.2 Å². The zero-order valence-electron chi connectivity index (χ0n) is 18.5. The van der Waals surface area contributed by atoms with Crippen molar-refractivity contribution in [1.82, 2.24) is 0 Å². The van der Waals surface area contributed by atoms with E-state index in [0.717, 1.165) is 5.56 Å². The summed E-state index contributed by atoms with van der Waals surface area (Å²) in [6.45, 7) is 2.33. The number of carbonyl (C=O) groups is 2. The van der Waals surface area contributed by atoms with Crippen LogP contribution < -0.4 is 10.1 Å². The van der Waals surface area contributed by atoms with E-state index in [1.54, 1.807) is 55.5 Å². The van der Waals surface area contributed by atoms with E-state index in [0.29, 0.717) is 43.1 Å². The van der Waals surface area contributed by atoms with Gasteiger partial charge in [-0.25, -0.2) is 4.79 Å². The number of halogens is 3. The third kappa shape index (κ3) is 7.43. The monoisotopic (exact) mass is 616 g/mol. The molecule has 0 saturated carbocycles. The molecule has 0 spiro atoms. The molecule has 3 rings (SSSR count). The average Bonchev–Trinajstić information content (AvgIpc) is 2.83. The molecule has 0 aliphatic rings. The van der Waals surface area contributed by atoms with E-state index in [1.165, 1.54) is 6.08 Å². The molecule has 0 radical (unpaired) electrons. The predicted octanol–water partition coefficient (Wildman–Crippen LogP) is 7.17. The summed E-state index contributed by atoms with van der Waals surface area (Å²) in [5, 5.41) is 12.8. The van der Waals surface area contributed by atoms with Crippen molar-refractivity contribution in [2.45, 2.75) is 13.5 Å². The summed E-state index contributed by atoms with van der Waals surface area (Å²) in [5.74, 6) is -0.437. The number of nitriles is 1. The molecule has 0 unspecified atom stereocenters. The molecule has 3 aromatic carbocycles. The van der Waals surface area contributed by atoms with Gasteiger partial charge in [0.25, 0.3) is 5.91 Å². The fourth-order valence-electron chi connectivity index (χ4n) is 2.95. The highest BCUT2D eigenvalue weighted by Crippen LogP contribution is 2.36. The van der Waals surface area contributed by atoms with Gasteiger partial charge in [0.05, 0.1) is 21.1 Å². The lowest BCUT2D eigenvalue weighted by atomic mass is 10.1. The third-order valence-electron chi connectivity index (χ3n) is 4.65. The molecule has 0 atom stereocenters. The van der Waals surface area contributed by atoms with E-state index >= 15 is 0 Å². The van der Waals surface area contributed by atoms with Gasteiger partial charge >= 0.3 is 5.97 Å². The summed E-state index contributed by atoms with van der Waals surface area (Å²) in [6, 6.07) is 19.0. The van der Waals surface area contributed by atoms with E-state index in [9.17, 15) is 14.9 Å². The van der Waals surface area contributed by atoms with Crippen molar-refractivity contribution in [3.8, 4) is 11.8 Å². The largest absolute Gasteiger partial charge is 0.487 e. The van der Waals surface area contributed by atoms with Crippen LogP contribution in [0.2, 0.25) is 5.02 Å². The molecule has 178 valence electrons. The molecule has 0 heterocycles. The van der Waals surface area contributed by atoms with Crippen molar-refractivity contribution >= 4 is 67.1 Å². The Kier molecular flexibility index (Phi) is 9.49. The Labute approximate surface area is 224 Å². The predicted molar refractivity (Wildman–Crippen MR) is 142 cm³/mol. The van der Waals surface area contributed by atoms with Gasteiger partial charge in [0.2, 0.25) is 0 Å². The van der Waals surface area contributed by atoms with Crippen molar-refractivity contribution in [3.05, 3.63) is 96.9 Å². The smallest absolute Gasteiger partial charge is 0.338 e. The minimum atomic E-state index is -0.577. The summed E-state index contributed by atoms with van der Waals surface area (Å²) in [6.07, 6.45) is 1.47. The van der Waals surface area contributed by atoms with Gasteiger partial charge in [-0.15, -0.1) is 0 Å². The van der Waals surface area contributed by atoms with Crippen LogP contribution in [0.4, 0.5) is 5.69 Å². The standard InChI is InChI=1S/C26H19Br2ClN2O4/c1-2-34-26(33)18-5-9-21(10-6-18)31-25(32)19(14-30)11-17-12-22(27)24(23(28)13-17)35-15-16-3-7-20(29)8-4-16/h3-13H,2,15H2,1H3,(H,31,32)/b19-11+. The molecule has 1 N–H and O–H groups in total. The van der Waals surface area contributed by atoms with Crippen molar-refractivity contribution in [2.24, 2.45) is 0 Å². The minimum absolute atomic E-state index is 0.0897. The maximum absolute atomic E-state index is 12.6. The Morgan fingerprint density at radius 1 is 1.06 bits per heavy atom. The van der Waals surface area contributed by atoms with Gasteiger partial charge in [-0.05, 0) is 105 Å². The summed E-state index contributed by atoms with van der Waals surface area (Å²) in [7, 11) is 0. The molecule has 0 aromatic heterocycles. The maximum atomic E-state index is 12.6. The Hall–Kier alpha value is -3.12. The lowest BCUT2D eigenvalue weighted by molar-refractivity contribution is -0.112. The van der Waals surface area contributed by atoms with Crippen LogP contribution in [0.3, 0.4) is 0 Å². The van der Waals surface area contributed by atoms with Crippen molar-refractivity contribution in [3.63, 3.8) is 0 Å². The van der Waals surface area contributed by atoms with Crippen molar-refractivity contribution < 1.29 is 19.1 Å². The van der Waals surface area contributed by atoms with E-state index in [2.05, 4.69) is 37.2 Å².